The Labute approximate surface area is 156 Å². The number of carbonyl (C=O) groups excluding carboxylic acids is 1. The SMILES string of the molecule is CC(C)(C)OC(=O)N1CCOC2(CCCc3cc(Br)cc(Cl)c32)C1. The van der Waals surface area contributed by atoms with Crippen molar-refractivity contribution in [3.8, 4) is 0 Å². The van der Waals surface area contributed by atoms with Gasteiger partial charge in [0.15, 0.2) is 0 Å². The summed E-state index contributed by atoms with van der Waals surface area (Å²) in [6.07, 6.45) is 2.57. The smallest absolute Gasteiger partial charge is 0.410 e. The second-order valence-electron chi connectivity index (χ2n) is 7.52. The van der Waals surface area contributed by atoms with Crippen LogP contribution in [0.5, 0.6) is 0 Å². The number of benzene rings is 1. The van der Waals surface area contributed by atoms with E-state index in [9.17, 15) is 4.79 Å². The zero-order valence-electron chi connectivity index (χ0n) is 14.3. The molecule has 1 aliphatic heterocycles. The van der Waals surface area contributed by atoms with Crippen LogP contribution in [-0.2, 0) is 21.5 Å². The standard InChI is InChI=1S/C18H23BrClNO3/c1-17(2,3)24-16(22)21-7-8-23-18(11-21)6-4-5-12-9-13(19)10-14(20)15(12)18/h9-10H,4-8,11H2,1-3H3. The van der Waals surface area contributed by atoms with E-state index in [1.807, 2.05) is 26.8 Å². The summed E-state index contributed by atoms with van der Waals surface area (Å²) in [7, 11) is 0. The molecule has 0 radical (unpaired) electrons. The lowest BCUT2D eigenvalue weighted by atomic mass is 9.78. The van der Waals surface area contributed by atoms with Gasteiger partial charge in [0.25, 0.3) is 0 Å². The molecule has 2 aliphatic rings. The van der Waals surface area contributed by atoms with Crippen LogP contribution in [-0.4, -0.2) is 36.3 Å². The van der Waals surface area contributed by atoms with Crippen molar-refractivity contribution in [2.75, 3.05) is 19.7 Å². The van der Waals surface area contributed by atoms with Gasteiger partial charge in [-0.05, 0) is 57.7 Å². The molecule has 4 nitrogen and oxygen atoms in total. The molecule has 3 rings (SSSR count). The van der Waals surface area contributed by atoms with Crippen molar-refractivity contribution < 1.29 is 14.3 Å². The minimum Gasteiger partial charge on any atom is -0.444 e. The maximum absolute atomic E-state index is 12.5. The first kappa shape index (κ1) is 18.0. The third kappa shape index (κ3) is 3.58. The zero-order valence-corrected chi connectivity index (χ0v) is 16.7. The van der Waals surface area contributed by atoms with Gasteiger partial charge in [0, 0.05) is 21.6 Å². The molecule has 1 amide bonds. The molecule has 1 unspecified atom stereocenters. The largest absolute Gasteiger partial charge is 0.444 e. The summed E-state index contributed by atoms with van der Waals surface area (Å²) in [5, 5.41) is 0.699. The molecule has 132 valence electrons. The van der Waals surface area contributed by atoms with Gasteiger partial charge in [-0.15, -0.1) is 0 Å². The number of hydrogen-bond acceptors (Lipinski definition) is 3. The van der Waals surface area contributed by atoms with Gasteiger partial charge in [0.1, 0.15) is 11.2 Å². The fourth-order valence-electron chi connectivity index (χ4n) is 3.59. The molecule has 24 heavy (non-hydrogen) atoms. The number of amides is 1. The first-order valence-corrected chi connectivity index (χ1v) is 9.48. The Hall–Kier alpha value is -0.780. The Kier molecular flexibility index (Phi) is 4.89. The summed E-state index contributed by atoms with van der Waals surface area (Å²) in [5.41, 5.74) is 1.20. The molecule has 6 heteroatoms. The second kappa shape index (κ2) is 6.50. The molecule has 1 aromatic rings. The van der Waals surface area contributed by atoms with Gasteiger partial charge in [0.2, 0.25) is 0 Å². The molecule has 0 bridgehead atoms. The van der Waals surface area contributed by atoms with Crippen LogP contribution in [0.1, 0.15) is 44.7 Å². The molecule has 1 atom stereocenters. The van der Waals surface area contributed by atoms with Crippen LogP contribution in [0.3, 0.4) is 0 Å². The molecule has 0 N–H and O–H groups in total. The average Bonchev–Trinajstić information content (AvgIpc) is 2.45. The third-order valence-electron chi connectivity index (χ3n) is 4.46. The molecule has 1 heterocycles. The highest BCUT2D eigenvalue weighted by atomic mass is 79.9. The van der Waals surface area contributed by atoms with Crippen LogP contribution in [0, 0.1) is 0 Å². The monoisotopic (exact) mass is 415 g/mol. The zero-order chi connectivity index (χ0) is 17.5. The highest BCUT2D eigenvalue weighted by Crippen LogP contribution is 2.45. The lowest BCUT2D eigenvalue weighted by molar-refractivity contribution is -0.122. The minimum atomic E-state index is -0.527. The number of carbonyl (C=O) groups is 1. The number of halogens is 2. The fourth-order valence-corrected chi connectivity index (χ4v) is 4.64. The van der Waals surface area contributed by atoms with Crippen molar-refractivity contribution in [3.05, 3.63) is 32.8 Å². The summed E-state index contributed by atoms with van der Waals surface area (Å²) in [4.78, 5) is 14.3. The Bertz CT molecular complexity index is 658. The van der Waals surface area contributed by atoms with E-state index in [4.69, 9.17) is 21.1 Å². The van der Waals surface area contributed by atoms with E-state index in [2.05, 4.69) is 22.0 Å². The molecular formula is C18H23BrClNO3. The highest BCUT2D eigenvalue weighted by Gasteiger charge is 2.45. The Balaban J connectivity index is 1.91. The normalized spacial score (nSPS) is 24.0. The quantitative estimate of drug-likeness (QED) is 0.604. The van der Waals surface area contributed by atoms with Gasteiger partial charge in [-0.2, -0.15) is 0 Å². The number of aryl methyl sites for hydroxylation is 1. The molecule has 0 aromatic heterocycles. The summed E-state index contributed by atoms with van der Waals surface area (Å²) in [6, 6.07) is 4.02. The Morgan fingerprint density at radius 3 is 2.88 bits per heavy atom. The van der Waals surface area contributed by atoms with E-state index in [0.29, 0.717) is 24.7 Å². The minimum absolute atomic E-state index is 0.287. The summed E-state index contributed by atoms with van der Waals surface area (Å²) in [6.45, 7) is 7.16. The average molecular weight is 417 g/mol. The van der Waals surface area contributed by atoms with Crippen molar-refractivity contribution in [1.82, 2.24) is 4.90 Å². The van der Waals surface area contributed by atoms with Crippen LogP contribution >= 0.6 is 27.5 Å². The number of morpholine rings is 1. The van der Waals surface area contributed by atoms with E-state index in [1.54, 1.807) is 4.90 Å². The van der Waals surface area contributed by atoms with Gasteiger partial charge in [-0.1, -0.05) is 27.5 Å². The summed E-state index contributed by atoms with van der Waals surface area (Å²) in [5.74, 6) is 0. The van der Waals surface area contributed by atoms with E-state index in [0.717, 1.165) is 29.3 Å². The van der Waals surface area contributed by atoms with Crippen LogP contribution in [0.2, 0.25) is 5.02 Å². The maximum Gasteiger partial charge on any atom is 0.410 e. The third-order valence-corrected chi connectivity index (χ3v) is 5.21. The topological polar surface area (TPSA) is 38.8 Å². The van der Waals surface area contributed by atoms with Gasteiger partial charge < -0.3 is 14.4 Å². The van der Waals surface area contributed by atoms with Gasteiger partial charge in [0.05, 0.1) is 13.2 Å². The first-order chi connectivity index (χ1) is 11.2. The van der Waals surface area contributed by atoms with E-state index >= 15 is 0 Å². The number of hydrogen-bond donors (Lipinski definition) is 0. The van der Waals surface area contributed by atoms with Crippen molar-refractivity contribution in [2.24, 2.45) is 0 Å². The summed E-state index contributed by atoms with van der Waals surface area (Å²) < 4.78 is 12.7. The Morgan fingerprint density at radius 1 is 1.42 bits per heavy atom. The summed E-state index contributed by atoms with van der Waals surface area (Å²) >= 11 is 10.1. The lowest BCUT2D eigenvalue weighted by Gasteiger charge is -2.46. The van der Waals surface area contributed by atoms with Gasteiger partial charge >= 0.3 is 6.09 Å². The van der Waals surface area contributed by atoms with E-state index < -0.39 is 11.2 Å². The van der Waals surface area contributed by atoms with Crippen molar-refractivity contribution >= 4 is 33.6 Å². The van der Waals surface area contributed by atoms with E-state index in [1.165, 1.54) is 5.56 Å². The number of fused-ring (bicyclic) bond motifs is 2. The highest BCUT2D eigenvalue weighted by molar-refractivity contribution is 9.10. The van der Waals surface area contributed by atoms with Gasteiger partial charge in [-0.25, -0.2) is 4.79 Å². The van der Waals surface area contributed by atoms with Crippen LogP contribution in [0.15, 0.2) is 16.6 Å². The first-order valence-electron chi connectivity index (χ1n) is 8.30. The lowest BCUT2D eigenvalue weighted by Crippen LogP contribution is -2.54. The Morgan fingerprint density at radius 2 is 2.17 bits per heavy atom. The molecule has 1 aliphatic carbocycles. The number of ether oxygens (including phenoxy) is 2. The molecule has 0 saturated carbocycles. The van der Waals surface area contributed by atoms with Crippen molar-refractivity contribution in [3.63, 3.8) is 0 Å². The molecular weight excluding hydrogens is 394 g/mol. The molecule has 1 saturated heterocycles. The molecule has 1 fully saturated rings. The van der Waals surface area contributed by atoms with Crippen LogP contribution in [0.4, 0.5) is 4.79 Å². The van der Waals surface area contributed by atoms with Crippen molar-refractivity contribution in [2.45, 2.75) is 51.2 Å². The number of rotatable bonds is 0. The van der Waals surface area contributed by atoms with Crippen molar-refractivity contribution in [1.29, 1.82) is 0 Å². The second-order valence-corrected chi connectivity index (χ2v) is 8.84. The number of nitrogens with zero attached hydrogens (tertiary/aromatic N) is 1. The van der Waals surface area contributed by atoms with E-state index in [-0.39, 0.29) is 6.09 Å². The predicted octanol–water partition coefficient (Wildman–Crippen LogP) is 4.90. The maximum atomic E-state index is 12.5. The predicted molar refractivity (Wildman–Crippen MR) is 97.5 cm³/mol. The molecule has 1 spiro atoms. The molecule has 1 aromatic carbocycles. The van der Waals surface area contributed by atoms with Crippen LogP contribution < -0.4 is 0 Å². The van der Waals surface area contributed by atoms with Gasteiger partial charge in [-0.3, -0.25) is 0 Å². The van der Waals surface area contributed by atoms with Crippen LogP contribution in [0.25, 0.3) is 0 Å². The fraction of sp³-hybridized carbons (Fsp3) is 0.611.